The summed E-state index contributed by atoms with van der Waals surface area (Å²) in [5, 5.41) is 1.17. The van der Waals surface area contributed by atoms with Gasteiger partial charge >= 0.3 is 5.97 Å². The third-order valence-electron chi connectivity index (χ3n) is 3.35. The second-order valence-electron chi connectivity index (χ2n) is 4.96. The van der Waals surface area contributed by atoms with E-state index in [0.29, 0.717) is 26.9 Å². The topological polar surface area (TPSA) is 61.3 Å². The normalized spacial score (nSPS) is 10.6. The number of carbonyl (C=O) groups is 1. The third kappa shape index (κ3) is 3.66. The minimum Gasteiger partial charge on any atom is -0.497 e. The van der Waals surface area contributed by atoms with Crippen LogP contribution in [0.1, 0.15) is 15.9 Å². The van der Waals surface area contributed by atoms with Crippen LogP contribution in [0.25, 0.3) is 10.9 Å². The van der Waals surface area contributed by atoms with Crippen LogP contribution in [0.3, 0.4) is 0 Å². The smallest absolute Gasteiger partial charge is 0.340 e. The van der Waals surface area contributed by atoms with Crippen LogP contribution in [0.5, 0.6) is 5.75 Å². The highest BCUT2D eigenvalue weighted by Gasteiger charge is 2.11. The van der Waals surface area contributed by atoms with Crippen LogP contribution in [0.2, 0.25) is 5.15 Å². The molecule has 3 aromatic rings. The van der Waals surface area contributed by atoms with Gasteiger partial charge in [0.05, 0.1) is 18.2 Å². The molecule has 7 heteroatoms. The van der Waals surface area contributed by atoms with Gasteiger partial charge in [0.15, 0.2) is 0 Å². The average Bonchev–Trinajstić information content (AvgIpc) is 2.59. The van der Waals surface area contributed by atoms with Crippen molar-refractivity contribution < 1.29 is 14.3 Å². The maximum atomic E-state index is 12.1. The Morgan fingerprint density at radius 1 is 1.25 bits per heavy atom. The first-order valence-corrected chi connectivity index (χ1v) is 8.15. The molecule has 0 N–H and O–H groups in total. The van der Waals surface area contributed by atoms with E-state index < -0.39 is 5.97 Å². The lowest BCUT2D eigenvalue weighted by atomic mass is 10.1. The highest BCUT2D eigenvalue weighted by molar-refractivity contribution is 9.10. The van der Waals surface area contributed by atoms with Crippen LogP contribution in [0, 0.1) is 0 Å². The molecule has 0 saturated carbocycles. The number of ether oxygens (including phenoxy) is 2. The van der Waals surface area contributed by atoms with Crippen molar-refractivity contribution in [2.24, 2.45) is 0 Å². The number of methoxy groups -OCH3 is 1. The van der Waals surface area contributed by atoms with E-state index in [9.17, 15) is 4.79 Å². The van der Waals surface area contributed by atoms with E-state index in [4.69, 9.17) is 21.1 Å². The van der Waals surface area contributed by atoms with Gasteiger partial charge in [-0.2, -0.15) is 0 Å². The van der Waals surface area contributed by atoms with E-state index in [1.54, 1.807) is 25.4 Å². The van der Waals surface area contributed by atoms with Gasteiger partial charge in [-0.05, 0) is 40.2 Å². The second kappa shape index (κ2) is 7.15. The molecular weight excluding hydrogens is 396 g/mol. The van der Waals surface area contributed by atoms with E-state index >= 15 is 0 Å². The molecule has 5 nitrogen and oxygen atoms in total. The zero-order valence-electron chi connectivity index (χ0n) is 12.6. The largest absolute Gasteiger partial charge is 0.497 e. The van der Waals surface area contributed by atoms with Crippen LogP contribution in [-0.4, -0.2) is 23.0 Å². The lowest BCUT2D eigenvalue weighted by Gasteiger charge is -2.08. The summed E-state index contributed by atoms with van der Waals surface area (Å²) >= 11 is 9.46. The van der Waals surface area contributed by atoms with Gasteiger partial charge < -0.3 is 9.47 Å². The molecule has 0 bridgehead atoms. The molecule has 2 aromatic heterocycles. The molecular formula is C17H12BrClN2O3. The van der Waals surface area contributed by atoms with Gasteiger partial charge in [0, 0.05) is 33.9 Å². The summed E-state index contributed by atoms with van der Waals surface area (Å²) in [5.74, 6) is 0.224. The van der Waals surface area contributed by atoms with Crippen LogP contribution in [0.15, 0.2) is 47.2 Å². The molecule has 0 aliphatic carbocycles. The van der Waals surface area contributed by atoms with Gasteiger partial charge in [-0.3, -0.25) is 4.98 Å². The number of esters is 1. The Morgan fingerprint density at radius 3 is 2.83 bits per heavy atom. The summed E-state index contributed by atoms with van der Waals surface area (Å²) in [6.45, 7) is 0.0269. The molecule has 122 valence electrons. The van der Waals surface area contributed by atoms with Crippen molar-refractivity contribution >= 4 is 44.4 Å². The summed E-state index contributed by atoms with van der Waals surface area (Å²) in [6.07, 6.45) is 3.04. The van der Waals surface area contributed by atoms with Crippen LogP contribution in [0.4, 0.5) is 0 Å². The number of rotatable bonds is 4. The quantitative estimate of drug-likeness (QED) is 0.473. The molecule has 0 unspecified atom stereocenters. The average molecular weight is 408 g/mol. The van der Waals surface area contributed by atoms with Gasteiger partial charge in [-0.15, -0.1) is 0 Å². The predicted octanol–water partition coefficient (Wildman–Crippen LogP) is 4.41. The number of nitrogens with zero attached hydrogens (tertiary/aromatic N) is 2. The van der Waals surface area contributed by atoms with Gasteiger partial charge in [0.25, 0.3) is 0 Å². The lowest BCUT2D eigenvalue weighted by Crippen LogP contribution is -2.06. The van der Waals surface area contributed by atoms with E-state index in [1.807, 2.05) is 18.2 Å². The van der Waals surface area contributed by atoms with Crippen LogP contribution >= 0.6 is 27.5 Å². The molecule has 0 amide bonds. The molecule has 0 aliphatic heterocycles. The van der Waals surface area contributed by atoms with Gasteiger partial charge in [0.2, 0.25) is 0 Å². The number of carbonyl (C=O) groups excluding carboxylic acids is 1. The fraction of sp³-hybridized carbons (Fsp3) is 0.118. The van der Waals surface area contributed by atoms with Crippen molar-refractivity contribution in [1.82, 2.24) is 9.97 Å². The molecule has 2 heterocycles. The molecule has 0 radical (unpaired) electrons. The minimum atomic E-state index is -0.477. The monoisotopic (exact) mass is 406 g/mol. The van der Waals surface area contributed by atoms with Crippen LogP contribution in [-0.2, 0) is 11.3 Å². The number of pyridine rings is 2. The summed E-state index contributed by atoms with van der Waals surface area (Å²) < 4.78 is 11.2. The van der Waals surface area contributed by atoms with Crippen molar-refractivity contribution in [3.63, 3.8) is 0 Å². The summed E-state index contributed by atoms with van der Waals surface area (Å²) in [6, 6.07) is 8.99. The SMILES string of the molecule is COc1ccc2cc(COC(=O)c3cncc(Br)c3)c(Cl)nc2c1. The number of fused-ring (bicyclic) bond motifs is 1. The lowest BCUT2D eigenvalue weighted by molar-refractivity contribution is 0.0472. The number of benzene rings is 1. The number of hydrogen-bond donors (Lipinski definition) is 0. The molecule has 0 fully saturated rings. The fourth-order valence-electron chi connectivity index (χ4n) is 2.15. The van der Waals surface area contributed by atoms with Crippen molar-refractivity contribution in [2.45, 2.75) is 6.61 Å². The van der Waals surface area contributed by atoms with Crippen molar-refractivity contribution in [3.05, 3.63) is 63.5 Å². The van der Waals surface area contributed by atoms with Crippen molar-refractivity contribution in [3.8, 4) is 5.75 Å². The van der Waals surface area contributed by atoms with Crippen molar-refractivity contribution in [1.29, 1.82) is 0 Å². The molecule has 24 heavy (non-hydrogen) atoms. The first-order chi connectivity index (χ1) is 11.6. The highest BCUT2D eigenvalue weighted by Crippen LogP contribution is 2.25. The Labute approximate surface area is 151 Å². The zero-order chi connectivity index (χ0) is 17.1. The van der Waals surface area contributed by atoms with E-state index in [-0.39, 0.29) is 11.8 Å². The molecule has 0 saturated heterocycles. The second-order valence-corrected chi connectivity index (χ2v) is 6.24. The first kappa shape index (κ1) is 16.7. The number of halogens is 2. The Balaban J connectivity index is 1.80. The standard InChI is InChI=1S/C17H12BrClN2O3/c1-23-14-3-2-10-4-12(16(19)21-15(10)6-14)9-24-17(22)11-5-13(18)8-20-7-11/h2-8H,9H2,1H3. The van der Waals surface area contributed by atoms with E-state index in [1.165, 1.54) is 6.20 Å². The zero-order valence-corrected chi connectivity index (χ0v) is 15.0. The Kier molecular flexibility index (Phi) is 4.97. The molecule has 0 spiro atoms. The molecule has 0 aliphatic rings. The fourth-order valence-corrected chi connectivity index (χ4v) is 2.71. The third-order valence-corrected chi connectivity index (χ3v) is 4.11. The Morgan fingerprint density at radius 2 is 2.08 bits per heavy atom. The van der Waals surface area contributed by atoms with Gasteiger partial charge in [-0.25, -0.2) is 9.78 Å². The van der Waals surface area contributed by atoms with Crippen molar-refractivity contribution in [2.75, 3.05) is 7.11 Å². The van der Waals surface area contributed by atoms with Crippen LogP contribution < -0.4 is 4.74 Å². The number of hydrogen-bond acceptors (Lipinski definition) is 5. The highest BCUT2D eigenvalue weighted by atomic mass is 79.9. The number of aromatic nitrogens is 2. The Bertz CT molecular complexity index is 917. The summed E-state index contributed by atoms with van der Waals surface area (Å²) in [7, 11) is 1.59. The van der Waals surface area contributed by atoms with E-state index in [0.717, 1.165) is 5.39 Å². The summed E-state index contributed by atoms with van der Waals surface area (Å²) in [5.41, 5.74) is 1.70. The maximum absolute atomic E-state index is 12.1. The van der Waals surface area contributed by atoms with Gasteiger partial charge in [0.1, 0.15) is 17.5 Å². The molecule has 1 aromatic carbocycles. The summed E-state index contributed by atoms with van der Waals surface area (Å²) in [4.78, 5) is 20.3. The molecule has 3 rings (SSSR count). The maximum Gasteiger partial charge on any atom is 0.340 e. The predicted molar refractivity (Wildman–Crippen MR) is 94.4 cm³/mol. The van der Waals surface area contributed by atoms with Gasteiger partial charge in [-0.1, -0.05) is 11.6 Å². The first-order valence-electron chi connectivity index (χ1n) is 6.97. The molecule has 0 atom stereocenters. The van der Waals surface area contributed by atoms with E-state index in [2.05, 4.69) is 25.9 Å². The Hall–Kier alpha value is -2.18. The minimum absolute atomic E-state index is 0.0269.